The summed E-state index contributed by atoms with van der Waals surface area (Å²) in [7, 11) is 3.59. The van der Waals surface area contributed by atoms with Crippen molar-refractivity contribution in [1.29, 1.82) is 0 Å². The van der Waals surface area contributed by atoms with Gasteiger partial charge in [-0.2, -0.15) is 0 Å². The average molecular weight is 271 g/mol. The van der Waals surface area contributed by atoms with Gasteiger partial charge in [0.1, 0.15) is 5.75 Å². The Morgan fingerprint density at radius 1 is 1.45 bits per heavy atom. The minimum absolute atomic E-state index is 0.0228. The molecule has 5 heteroatoms. The van der Waals surface area contributed by atoms with Crippen LogP contribution in [-0.2, 0) is 11.8 Å². The van der Waals surface area contributed by atoms with E-state index in [0.29, 0.717) is 6.42 Å². The van der Waals surface area contributed by atoms with Gasteiger partial charge in [0.25, 0.3) is 0 Å². The topological polar surface area (TPSA) is 56.2 Å². The fraction of sp³-hybridized carbons (Fsp3) is 0.333. The summed E-state index contributed by atoms with van der Waals surface area (Å²) in [6, 6.07) is 3.98. The summed E-state index contributed by atoms with van der Waals surface area (Å²) in [6.07, 6.45) is 4.03. The number of hydrogen-bond donors (Lipinski definition) is 1. The molecule has 1 amide bonds. The zero-order valence-electron chi connectivity index (χ0n) is 11.8. The molecule has 1 aromatic heterocycles. The van der Waals surface area contributed by atoms with E-state index in [9.17, 15) is 4.79 Å². The van der Waals surface area contributed by atoms with Gasteiger partial charge in [-0.1, -0.05) is 0 Å². The van der Waals surface area contributed by atoms with Crippen LogP contribution in [0.4, 0.5) is 5.69 Å². The minimum Gasteiger partial charge on any atom is -0.496 e. The Bertz CT molecular complexity index is 676. The second-order valence-corrected chi connectivity index (χ2v) is 5.14. The lowest BCUT2D eigenvalue weighted by Gasteiger charge is -2.27. The zero-order valence-corrected chi connectivity index (χ0v) is 11.8. The molecule has 104 valence electrons. The van der Waals surface area contributed by atoms with Crippen LogP contribution in [0.1, 0.15) is 29.2 Å². The molecule has 0 fully saturated rings. The third-order valence-electron chi connectivity index (χ3n) is 3.82. The Kier molecular flexibility index (Phi) is 2.97. The number of methoxy groups -OCH3 is 1. The molecule has 5 nitrogen and oxygen atoms in total. The lowest BCUT2D eigenvalue weighted by atomic mass is 9.87. The van der Waals surface area contributed by atoms with Crippen LogP contribution < -0.4 is 10.1 Å². The van der Waals surface area contributed by atoms with Crippen molar-refractivity contribution in [2.45, 2.75) is 19.3 Å². The van der Waals surface area contributed by atoms with E-state index in [-0.39, 0.29) is 11.8 Å². The monoisotopic (exact) mass is 271 g/mol. The van der Waals surface area contributed by atoms with Crippen LogP contribution in [0.25, 0.3) is 0 Å². The van der Waals surface area contributed by atoms with Gasteiger partial charge in [-0.25, -0.2) is 4.98 Å². The number of imidazole rings is 1. The zero-order chi connectivity index (χ0) is 14.3. The molecule has 20 heavy (non-hydrogen) atoms. The lowest BCUT2D eigenvalue weighted by molar-refractivity contribution is -0.116. The molecule has 0 aliphatic carbocycles. The van der Waals surface area contributed by atoms with Crippen LogP contribution >= 0.6 is 0 Å². The van der Waals surface area contributed by atoms with Crippen LogP contribution in [0, 0.1) is 6.92 Å². The maximum Gasteiger partial charge on any atom is 0.225 e. The number of carbonyl (C=O) groups excluding carboxylic acids is 1. The summed E-state index contributed by atoms with van der Waals surface area (Å²) < 4.78 is 7.29. The van der Waals surface area contributed by atoms with Crippen LogP contribution in [0.3, 0.4) is 0 Å². The number of ether oxygens (including phenoxy) is 1. The van der Waals surface area contributed by atoms with Crippen LogP contribution in [0.5, 0.6) is 5.75 Å². The second-order valence-electron chi connectivity index (χ2n) is 5.14. The summed E-state index contributed by atoms with van der Waals surface area (Å²) in [5, 5.41) is 2.92. The van der Waals surface area contributed by atoms with Crippen molar-refractivity contribution in [2.24, 2.45) is 7.05 Å². The number of hydrogen-bond acceptors (Lipinski definition) is 3. The van der Waals surface area contributed by atoms with E-state index >= 15 is 0 Å². The van der Waals surface area contributed by atoms with Crippen molar-refractivity contribution in [3.63, 3.8) is 0 Å². The number of aromatic nitrogens is 2. The summed E-state index contributed by atoms with van der Waals surface area (Å²) in [5.74, 6) is 0.847. The standard InChI is InChI=1S/C15H17N3O2/c1-9-4-10-11(13-7-16-8-18(13)2)5-15(19)17-12(10)6-14(9)20-3/h4,6-8,11H,5H2,1-3H3,(H,17,19). The Labute approximate surface area is 117 Å². The van der Waals surface area contributed by atoms with E-state index in [1.807, 2.05) is 30.8 Å². The fourth-order valence-electron chi connectivity index (χ4n) is 2.79. The Balaban J connectivity index is 2.15. The van der Waals surface area contributed by atoms with Gasteiger partial charge in [0.05, 0.1) is 13.4 Å². The Hall–Kier alpha value is -2.30. The summed E-state index contributed by atoms with van der Waals surface area (Å²) in [5.41, 5.74) is 4.06. The van der Waals surface area contributed by atoms with Crippen molar-refractivity contribution >= 4 is 11.6 Å². The highest BCUT2D eigenvalue weighted by Crippen LogP contribution is 2.39. The van der Waals surface area contributed by atoms with Gasteiger partial charge >= 0.3 is 0 Å². The molecule has 0 saturated heterocycles. The molecule has 3 rings (SSSR count). The van der Waals surface area contributed by atoms with Gasteiger partial charge in [0.15, 0.2) is 0 Å². The third kappa shape index (κ3) is 1.95. The van der Waals surface area contributed by atoms with Gasteiger partial charge in [0.2, 0.25) is 5.91 Å². The normalized spacial score (nSPS) is 17.6. The first kappa shape index (κ1) is 12.7. The molecular weight excluding hydrogens is 254 g/mol. The number of amides is 1. The molecule has 0 bridgehead atoms. The number of nitrogens with zero attached hydrogens (tertiary/aromatic N) is 2. The van der Waals surface area contributed by atoms with E-state index in [0.717, 1.165) is 28.3 Å². The second kappa shape index (κ2) is 4.67. The molecule has 2 aromatic rings. The third-order valence-corrected chi connectivity index (χ3v) is 3.82. The molecule has 2 heterocycles. The van der Waals surface area contributed by atoms with Gasteiger partial charge in [-0.3, -0.25) is 4.79 Å². The van der Waals surface area contributed by atoms with Crippen molar-refractivity contribution in [2.75, 3.05) is 12.4 Å². The minimum atomic E-state index is 0.0228. The van der Waals surface area contributed by atoms with E-state index in [2.05, 4.69) is 16.4 Å². The predicted octanol–water partition coefficient (Wildman–Crippen LogP) is 2.21. The number of anilines is 1. The SMILES string of the molecule is COc1cc2c(cc1C)C(c1cncn1C)CC(=O)N2. The van der Waals surface area contributed by atoms with Crippen molar-refractivity contribution in [1.82, 2.24) is 9.55 Å². The number of fused-ring (bicyclic) bond motifs is 1. The van der Waals surface area contributed by atoms with Gasteiger partial charge in [0, 0.05) is 43.0 Å². The van der Waals surface area contributed by atoms with Crippen LogP contribution in [-0.4, -0.2) is 22.6 Å². The largest absolute Gasteiger partial charge is 0.496 e. The molecule has 0 saturated carbocycles. The van der Waals surface area contributed by atoms with Gasteiger partial charge in [-0.05, 0) is 24.1 Å². The van der Waals surface area contributed by atoms with Gasteiger partial charge in [-0.15, -0.1) is 0 Å². The van der Waals surface area contributed by atoms with Crippen molar-refractivity contribution in [3.8, 4) is 5.75 Å². The quantitative estimate of drug-likeness (QED) is 0.911. The maximum absolute atomic E-state index is 11.9. The highest BCUT2D eigenvalue weighted by atomic mass is 16.5. The van der Waals surface area contributed by atoms with E-state index in [1.165, 1.54) is 0 Å². The molecule has 0 radical (unpaired) electrons. The summed E-state index contributed by atoms with van der Waals surface area (Å²) in [6.45, 7) is 2.01. The number of benzene rings is 1. The van der Waals surface area contributed by atoms with Crippen LogP contribution in [0.15, 0.2) is 24.7 Å². The molecule has 1 aliphatic heterocycles. The summed E-state index contributed by atoms with van der Waals surface area (Å²) >= 11 is 0. The highest BCUT2D eigenvalue weighted by molar-refractivity contribution is 5.95. The average Bonchev–Trinajstić information content (AvgIpc) is 2.84. The number of nitrogens with one attached hydrogen (secondary N) is 1. The van der Waals surface area contributed by atoms with E-state index in [4.69, 9.17) is 4.74 Å². The lowest BCUT2D eigenvalue weighted by Crippen LogP contribution is -2.24. The number of carbonyl (C=O) groups is 1. The Morgan fingerprint density at radius 3 is 2.90 bits per heavy atom. The maximum atomic E-state index is 11.9. The molecular formula is C15H17N3O2. The van der Waals surface area contributed by atoms with Crippen molar-refractivity contribution in [3.05, 3.63) is 41.5 Å². The molecule has 0 spiro atoms. The summed E-state index contributed by atoms with van der Waals surface area (Å²) in [4.78, 5) is 16.1. The van der Waals surface area contributed by atoms with Crippen LogP contribution in [0.2, 0.25) is 0 Å². The number of rotatable bonds is 2. The smallest absolute Gasteiger partial charge is 0.225 e. The molecule has 1 unspecified atom stereocenters. The van der Waals surface area contributed by atoms with E-state index < -0.39 is 0 Å². The molecule has 1 N–H and O–H groups in total. The first-order valence-electron chi connectivity index (χ1n) is 6.54. The molecule has 1 atom stereocenters. The highest BCUT2D eigenvalue weighted by Gasteiger charge is 2.29. The Morgan fingerprint density at radius 2 is 2.25 bits per heavy atom. The van der Waals surface area contributed by atoms with Crippen molar-refractivity contribution < 1.29 is 9.53 Å². The van der Waals surface area contributed by atoms with Gasteiger partial charge < -0.3 is 14.6 Å². The predicted molar refractivity (Wildman–Crippen MR) is 76.0 cm³/mol. The molecule has 1 aromatic carbocycles. The molecule has 1 aliphatic rings. The van der Waals surface area contributed by atoms with E-state index in [1.54, 1.807) is 13.4 Å². The fourth-order valence-corrected chi connectivity index (χ4v) is 2.79. The first-order valence-corrected chi connectivity index (χ1v) is 6.54. The first-order chi connectivity index (χ1) is 9.60. The number of aryl methyl sites for hydroxylation is 2.